The van der Waals surface area contributed by atoms with E-state index in [0.717, 1.165) is 5.75 Å². The second-order valence-electron chi connectivity index (χ2n) is 2.77. The fourth-order valence-corrected chi connectivity index (χ4v) is 1.37. The molecule has 14 heavy (non-hydrogen) atoms. The molecule has 0 fully saturated rings. The minimum Gasteiger partial charge on any atom is -0.480 e. The van der Waals surface area contributed by atoms with Gasteiger partial charge in [-0.2, -0.15) is 11.8 Å². The maximum absolute atomic E-state index is 11.1. The molecule has 0 spiro atoms. The van der Waals surface area contributed by atoms with Gasteiger partial charge in [0, 0.05) is 0 Å². The smallest absolute Gasteiger partial charge is 0.326 e. The first-order valence-corrected chi connectivity index (χ1v) is 5.67. The van der Waals surface area contributed by atoms with Crippen molar-refractivity contribution in [3.05, 3.63) is 0 Å². The van der Waals surface area contributed by atoms with Crippen LogP contribution in [-0.2, 0) is 9.59 Å². The lowest BCUT2D eigenvalue weighted by Crippen LogP contribution is -2.44. The van der Waals surface area contributed by atoms with E-state index in [1.807, 2.05) is 6.26 Å². The number of carbonyl (C=O) groups excluding carboxylic acids is 1. The van der Waals surface area contributed by atoms with Crippen LogP contribution in [0.25, 0.3) is 0 Å². The molecule has 0 saturated heterocycles. The molecule has 0 radical (unpaired) electrons. The van der Waals surface area contributed by atoms with Gasteiger partial charge in [-0.05, 0) is 25.5 Å². The van der Waals surface area contributed by atoms with Crippen LogP contribution < -0.4 is 10.6 Å². The van der Waals surface area contributed by atoms with Crippen LogP contribution in [0.15, 0.2) is 0 Å². The van der Waals surface area contributed by atoms with Gasteiger partial charge in [-0.25, -0.2) is 4.79 Å². The summed E-state index contributed by atoms with van der Waals surface area (Å²) in [7, 11) is 1.64. The lowest BCUT2D eigenvalue weighted by molar-refractivity contribution is -0.141. The highest BCUT2D eigenvalue weighted by molar-refractivity contribution is 7.98. The SMILES string of the molecule is CNCC(=O)NC(CCSC)C(=O)O. The molecule has 0 aromatic carbocycles. The van der Waals surface area contributed by atoms with Crippen molar-refractivity contribution in [3.63, 3.8) is 0 Å². The Bertz CT molecular complexity index is 199. The highest BCUT2D eigenvalue weighted by atomic mass is 32.2. The van der Waals surface area contributed by atoms with Crippen molar-refractivity contribution in [1.29, 1.82) is 0 Å². The molecule has 3 N–H and O–H groups in total. The monoisotopic (exact) mass is 220 g/mol. The number of hydrogen-bond acceptors (Lipinski definition) is 4. The van der Waals surface area contributed by atoms with Gasteiger partial charge in [-0.1, -0.05) is 0 Å². The van der Waals surface area contributed by atoms with E-state index in [1.54, 1.807) is 18.8 Å². The molecule has 0 saturated carbocycles. The zero-order valence-electron chi connectivity index (χ0n) is 8.37. The van der Waals surface area contributed by atoms with Crippen molar-refractivity contribution in [2.75, 3.05) is 25.6 Å². The Morgan fingerprint density at radius 2 is 2.14 bits per heavy atom. The van der Waals surface area contributed by atoms with Gasteiger partial charge in [0.2, 0.25) is 5.91 Å². The van der Waals surface area contributed by atoms with Crippen molar-refractivity contribution < 1.29 is 14.7 Å². The number of nitrogens with one attached hydrogen (secondary N) is 2. The Balaban J connectivity index is 3.95. The number of amides is 1. The normalized spacial score (nSPS) is 12.1. The van der Waals surface area contributed by atoms with Gasteiger partial charge in [-0.3, -0.25) is 4.79 Å². The molecule has 0 heterocycles. The highest BCUT2D eigenvalue weighted by Crippen LogP contribution is 2.00. The van der Waals surface area contributed by atoms with Crippen LogP contribution in [0.1, 0.15) is 6.42 Å². The molecule has 0 aromatic rings. The number of hydrogen-bond donors (Lipinski definition) is 3. The largest absolute Gasteiger partial charge is 0.480 e. The zero-order chi connectivity index (χ0) is 11.0. The maximum atomic E-state index is 11.1. The minimum atomic E-state index is -0.983. The summed E-state index contributed by atoms with van der Waals surface area (Å²) in [5.74, 6) is -0.555. The summed E-state index contributed by atoms with van der Waals surface area (Å²) >= 11 is 1.56. The van der Waals surface area contributed by atoms with Gasteiger partial charge in [0.05, 0.1) is 6.54 Å². The van der Waals surface area contributed by atoms with Crippen molar-refractivity contribution >= 4 is 23.6 Å². The highest BCUT2D eigenvalue weighted by Gasteiger charge is 2.18. The Hall–Kier alpha value is -0.750. The van der Waals surface area contributed by atoms with Crippen molar-refractivity contribution in [3.8, 4) is 0 Å². The topological polar surface area (TPSA) is 78.4 Å². The van der Waals surface area contributed by atoms with Crippen LogP contribution in [0, 0.1) is 0 Å². The molecule has 82 valence electrons. The van der Waals surface area contributed by atoms with Crippen LogP contribution >= 0.6 is 11.8 Å². The fourth-order valence-electron chi connectivity index (χ4n) is 0.899. The second-order valence-corrected chi connectivity index (χ2v) is 3.76. The summed E-state index contributed by atoms with van der Waals surface area (Å²) in [5.41, 5.74) is 0. The van der Waals surface area contributed by atoms with Crippen molar-refractivity contribution in [2.45, 2.75) is 12.5 Å². The molecule has 0 aliphatic carbocycles. The average Bonchev–Trinajstić information content (AvgIpc) is 2.12. The Labute approximate surface area is 87.6 Å². The number of rotatable bonds is 7. The molecule has 1 amide bonds. The number of likely N-dealkylation sites (N-methyl/N-ethyl adjacent to an activating group) is 1. The van der Waals surface area contributed by atoms with Crippen LogP contribution in [0.2, 0.25) is 0 Å². The van der Waals surface area contributed by atoms with E-state index < -0.39 is 12.0 Å². The minimum absolute atomic E-state index is 0.142. The van der Waals surface area contributed by atoms with E-state index >= 15 is 0 Å². The number of thioether (sulfide) groups is 1. The van der Waals surface area contributed by atoms with E-state index in [-0.39, 0.29) is 12.5 Å². The molecule has 0 aliphatic rings. The first-order chi connectivity index (χ1) is 6.61. The van der Waals surface area contributed by atoms with Crippen LogP contribution in [0.5, 0.6) is 0 Å². The molecule has 1 atom stereocenters. The predicted octanol–water partition coefficient (Wildman–Crippen LogP) is -0.472. The predicted molar refractivity (Wildman–Crippen MR) is 56.5 cm³/mol. The second kappa shape index (κ2) is 7.64. The number of carboxylic acid groups (broad SMARTS) is 1. The zero-order valence-corrected chi connectivity index (χ0v) is 9.19. The first-order valence-electron chi connectivity index (χ1n) is 4.27. The molecule has 0 aromatic heterocycles. The van der Waals surface area contributed by atoms with Crippen LogP contribution in [0.3, 0.4) is 0 Å². The van der Waals surface area contributed by atoms with E-state index in [4.69, 9.17) is 5.11 Å². The van der Waals surface area contributed by atoms with E-state index in [1.165, 1.54) is 0 Å². The number of carboxylic acids is 1. The van der Waals surface area contributed by atoms with Crippen molar-refractivity contribution in [1.82, 2.24) is 10.6 Å². The third kappa shape index (κ3) is 5.82. The molecule has 1 unspecified atom stereocenters. The Morgan fingerprint density at radius 1 is 1.50 bits per heavy atom. The number of aliphatic carboxylic acids is 1. The summed E-state index contributed by atoms with van der Waals surface area (Å²) < 4.78 is 0. The Morgan fingerprint density at radius 3 is 2.57 bits per heavy atom. The van der Waals surface area contributed by atoms with Crippen molar-refractivity contribution in [2.24, 2.45) is 0 Å². The summed E-state index contributed by atoms with van der Waals surface area (Å²) in [6, 6.07) is -0.775. The van der Waals surface area contributed by atoms with Gasteiger partial charge < -0.3 is 15.7 Å². The quantitative estimate of drug-likeness (QED) is 0.540. The summed E-state index contributed by atoms with van der Waals surface area (Å²) in [6.45, 7) is 0.142. The average molecular weight is 220 g/mol. The maximum Gasteiger partial charge on any atom is 0.326 e. The molecular weight excluding hydrogens is 204 g/mol. The number of carbonyl (C=O) groups is 2. The molecule has 0 rings (SSSR count). The summed E-state index contributed by atoms with van der Waals surface area (Å²) in [5, 5.41) is 13.9. The van der Waals surface area contributed by atoms with Crippen LogP contribution in [-0.4, -0.2) is 48.6 Å². The summed E-state index contributed by atoms with van der Waals surface area (Å²) in [6.07, 6.45) is 2.35. The van der Waals surface area contributed by atoms with Gasteiger partial charge >= 0.3 is 5.97 Å². The lowest BCUT2D eigenvalue weighted by atomic mass is 10.2. The standard InChI is InChI=1S/C8H16N2O3S/c1-9-5-7(11)10-6(8(12)13)3-4-14-2/h6,9H,3-5H2,1-2H3,(H,10,11)(H,12,13). The molecule has 5 nitrogen and oxygen atoms in total. The molecule has 0 bridgehead atoms. The van der Waals surface area contributed by atoms with Gasteiger partial charge in [0.15, 0.2) is 0 Å². The molecule has 6 heteroatoms. The fraction of sp³-hybridized carbons (Fsp3) is 0.750. The molecule has 0 aliphatic heterocycles. The lowest BCUT2D eigenvalue weighted by Gasteiger charge is -2.13. The molecular formula is C8H16N2O3S. The third-order valence-corrected chi connectivity index (χ3v) is 2.23. The third-order valence-electron chi connectivity index (χ3n) is 1.58. The van der Waals surface area contributed by atoms with Gasteiger partial charge in [-0.15, -0.1) is 0 Å². The van der Waals surface area contributed by atoms with E-state index in [0.29, 0.717) is 6.42 Å². The van der Waals surface area contributed by atoms with Gasteiger partial charge in [0.25, 0.3) is 0 Å². The van der Waals surface area contributed by atoms with Crippen LogP contribution in [0.4, 0.5) is 0 Å². The van der Waals surface area contributed by atoms with E-state index in [2.05, 4.69) is 10.6 Å². The summed E-state index contributed by atoms with van der Waals surface area (Å²) in [4.78, 5) is 21.8. The Kier molecular flexibility index (Phi) is 7.23. The first kappa shape index (κ1) is 13.2. The van der Waals surface area contributed by atoms with E-state index in [9.17, 15) is 9.59 Å². The van der Waals surface area contributed by atoms with Gasteiger partial charge in [0.1, 0.15) is 6.04 Å².